The fourth-order valence-electron chi connectivity index (χ4n) is 2.89. The Morgan fingerprint density at radius 1 is 1.04 bits per heavy atom. The van der Waals surface area contributed by atoms with E-state index in [1.165, 1.54) is 6.92 Å². The summed E-state index contributed by atoms with van der Waals surface area (Å²) in [7, 11) is 0. The maximum absolute atomic E-state index is 13.4. The van der Waals surface area contributed by atoms with Crippen LogP contribution in [0.3, 0.4) is 0 Å². The molecular weight excluding hydrogens is 491 g/mol. The van der Waals surface area contributed by atoms with Gasteiger partial charge in [0.05, 0.1) is 5.92 Å². The van der Waals surface area contributed by atoms with Crippen LogP contribution in [0, 0.1) is 9.49 Å². The predicted molar refractivity (Wildman–Crippen MR) is 118 cm³/mol. The standard InChI is InChI=1S/C22H22ClIO4/c1-13(25)18(21(27)28-22(2,3)4)19(15-6-5-7-17(24)12-15)20(26)14-8-10-16(23)11-9-14/h5-12,18-19H,1-4H3. The molecule has 2 rings (SSSR count). The number of ether oxygens (including phenoxy) is 1. The number of hydrogen-bond donors (Lipinski definition) is 0. The van der Waals surface area contributed by atoms with Crippen LogP contribution in [0.5, 0.6) is 0 Å². The van der Waals surface area contributed by atoms with Gasteiger partial charge in [-0.3, -0.25) is 14.4 Å². The number of esters is 1. The average Bonchev–Trinajstić information content (AvgIpc) is 2.57. The second-order valence-electron chi connectivity index (χ2n) is 7.53. The lowest BCUT2D eigenvalue weighted by atomic mass is 9.78. The first-order valence-electron chi connectivity index (χ1n) is 8.78. The number of carbonyl (C=O) groups is 3. The maximum atomic E-state index is 13.4. The second kappa shape index (κ2) is 9.18. The topological polar surface area (TPSA) is 60.4 Å². The maximum Gasteiger partial charge on any atom is 0.318 e. The third kappa shape index (κ3) is 5.88. The largest absolute Gasteiger partial charge is 0.459 e. The van der Waals surface area contributed by atoms with E-state index in [0.29, 0.717) is 16.1 Å². The molecule has 4 nitrogen and oxygen atoms in total. The number of rotatable bonds is 6. The number of benzene rings is 2. The zero-order valence-electron chi connectivity index (χ0n) is 16.2. The Kier molecular flexibility index (Phi) is 7.39. The molecule has 0 aliphatic rings. The summed E-state index contributed by atoms with van der Waals surface area (Å²) in [6.07, 6.45) is 0. The van der Waals surface area contributed by atoms with Crippen LogP contribution < -0.4 is 0 Å². The lowest BCUT2D eigenvalue weighted by molar-refractivity contribution is -0.162. The monoisotopic (exact) mass is 512 g/mol. The minimum atomic E-state index is -1.24. The molecule has 0 saturated carbocycles. The van der Waals surface area contributed by atoms with Crippen molar-refractivity contribution in [3.8, 4) is 0 Å². The molecule has 28 heavy (non-hydrogen) atoms. The molecule has 0 N–H and O–H groups in total. The van der Waals surface area contributed by atoms with Crippen molar-refractivity contribution in [1.82, 2.24) is 0 Å². The molecule has 2 atom stereocenters. The average molecular weight is 513 g/mol. The molecule has 0 bridgehead atoms. The first-order valence-corrected chi connectivity index (χ1v) is 10.2. The first-order chi connectivity index (χ1) is 13.0. The van der Waals surface area contributed by atoms with Crippen molar-refractivity contribution in [2.24, 2.45) is 5.92 Å². The highest BCUT2D eigenvalue weighted by molar-refractivity contribution is 14.1. The van der Waals surface area contributed by atoms with Gasteiger partial charge in [-0.05, 0) is 92.2 Å². The van der Waals surface area contributed by atoms with Gasteiger partial charge in [0.1, 0.15) is 17.3 Å². The molecule has 0 saturated heterocycles. The quantitative estimate of drug-likeness (QED) is 0.223. The molecule has 0 aliphatic heterocycles. The third-order valence-electron chi connectivity index (χ3n) is 4.05. The number of ketones is 2. The number of halogens is 2. The molecule has 0 heterocycles. The summed E-state index contributed by atoms with van der Waals surface area (Å²) in [5.74, 6) is -3.67. The van der Waals surface area contributed by atoms with Gasteiger partial charge >= 0.3 is 5.97 Å². The Bertz CT molecular complexity index is 884. The molecule has 0 spiro atoms. The molecule has 0 fully saturated rings. The molecule has 0 aromatic heterocycles. The zero-order valence-corrected chi connectivity index (χ0v) is 19.1. The first kappa shape index (κ1) is 22.6. The molecule has 2 aromatic carbocycles. The number of hydrogen-bond acceptors (Lipinski definition) is 4. The van der Waals surface area contributed by atoms with Crippen LogP contribution in [0.1, 0.15) is 49.5 Å². The highest BCUT2D eigenvalue weighted by Gasteiger charge is 2.41. The van der Waals surface area contributed by atoms with Gasteiger partial charge < -0.3 is 4.74 Å². The fraction of sp³-hybridized carbons (Fsp3) is 0.318. The smallest absolute Gasteiger partial charge is 0.318 e. The van der Waals surface area contributed by atoms with E-state index in [0.717, 1.165) is 3.57 Å². The van der Waals surface area contributed by atoms with Crippen LogP contribution in [0.4, 0.5) is 0 Å². The molecule has 148 valence electrons. The van der Waals surface area contributed by atoms with Crippen molar-refractivity contribution in [3.05, 3.63) is 68.3 Å². The van der Waals surface area contributed by atoms with Crippen LogP contribution >= 0.6 is 34.2 Å². The van der Waals surface area contributed by atoms with Gasteiger partial charge in [0.25, 0.3) is 0 Å². The van der Waals surface area contributed by atoms with Crippen LogP contribution in [-0.4, -0.2) is 23.1 Å². The normalized spacial score (nSPS) is 13.5. The Balaban J connectivity index is 2.58. The van der Waals surface area contributed by atoms with Crippen molar-refractivity contribution in [2.75, 3.05) is 0 Å². The molecule has 2 unspecified atom stereocenters. The van der Waals surface area contributed by atoms with Gasteiger partial charge in [-0.25, -0.2) is 0 Å². The summed E-state index contributed by atoms with van der Waals surface area (Å²) >= 11 is 8.06. The molecule has 0 aliphatic carbocycles. The molecule has 0 radical (unpaired) electrons. The van der Waals surface area contributed by atoms with E-state index < -0.39 is 29.2 Å². The third-order valence-corrected chi connectivity index (χ3v) is 4.97. The van der Waals surface area contributed by atoms with Crippen LogP contribution in [0.25, 0.3) is 0 Å². The van der Waals surface area contributed by atoms with Gasteiger partial charge in [0, 0.05) is 14.2 Å². The molecule has 6 heteroatoms. The molecule has 0 amide bonds. The van der Waals surface area contributed by atoms with Crippen molar-refractivity contribution in [1.29, 1.82) is 0 Å². The minimum Gasteiger partial charge on any atom is -0.459 e. The minimum absolute atomic E-state index is 0.329. The summed E-state index contributed by atoms with van der Waals surface area (Å²) in [5, 5.41) is 0.498. The van der Waals surface area contributed by atoms with Gasteiger partial charge in [-0.2, -0.15) is 0 Å². The SMILES string of the molecule is CC(=O)C(C(=O)OC(C)(C)C)C(C(=O)c1ccc(Cl)cc1)c1cccc(I)c1. The summed E-state index contributed by atoms with van der Waals surface area (Å²) in [4.78, 5) is 38.7. The second-order valence-corrected chi connectivity index (χ2v) is 9.21. The molecular formula is C22H22ClIO4. The van der Waals surface area contributed by atoms with Gasteiger partial charge in [-0.1, -0.05) is 23.7 Å². The molecule has 2 aromatic rings. The van der Waals surface area contributed by atoms with Gasteiger partial charge in [-0.15, -0.1) is 0 Å². The summed E-state index contributed by atoms with van der Waals surface area (Å²) in [6, 6.07) is 13.6. The predicted octanol–water partition coefficient (Wildman–Crippen LogP) is 5.46. The van der Waals surface area contributed by atoms with Crippen LogP contribution in [-0.2, 0) is 14.3 Å². The zero-order chi connectivity index (χ0) is 21.1. The van der Waals surface area contributed by atoms with Gasteiger partial charge in [0.2, 0.25) is 0 Å². The summed E-state index contributed by atoms with van der Waals surface area (Å²) in [5.41, 5.74) is 0.199. The highest BCUT2D eigenvalue weighted by atomic mass is 127. The van der Waals surface area contributed by atoms with E-state index in [9.17, 15) is 14.4 Å². The van der Waals surface area contributed by atoms with Crippen LogP contribution in [0.15, 0.2) is 48.5 Å². The Hall–Kier alpha value is -1.73. The van der Waals surface area contributed by atoms with E-state index in [-0.39, 0.29) is 5.78 Å². The lowest BCUT2D eigenvalue weighted by Gasteiger charge is -2.27. The van der Waals surface area contributed by atoms with E-state index in [1.54, 1.807) is 63.2 Å². The van der Waals surface area contributed by atoms with E-state index in [2.05, 4.69) is 22.6 Å². The Labute approximate surface area is 183 Å². The van der Waals surface area contributed by atoms with Crippen molar-refractivity contribution < 1.29 is 19.1 Å². The lowest BCUT2D eigenvalue weighted by Crippen LogP contribution is -2.38. The Morgan fingerprint density at radius 3 is 2.14 bits per heavy atom. The van der Waals surface area contributed by atoms with Crippen molar-refractivity contribution in [2.45, 2.75) is 39.2 Å². The van der Waals surface area contributed by atoms with Crippen molar-refractivity contribution in [3.63, 3.8) is 0 Å². The number of carbonyl (C=O) groups excluding carboxylic acids is 3. The summed E-state index contributed by atoms with van der Waals surface area (Å²) < 4.78 is 6.36. The van der Waals surface area contributed by atoms with E-state index in [1.807, 2.05) is 6.07 Å². The van der Waals surface area contributed by atoms with E-state index in [4.69, 9.17) is 16.3 Å². The Morgan fingerprint density at radius 2 is 1.64 bits per heavy atom. The summed E-state index contributed by atoms with van der Waals surface area (Å²) in [6.45, 7) is 6.49. The highest BCUT2D eigenvalue weighted by Crippen LogP contribution is 2.33. The van der Waals surface area contributed by atoms with Crippen LogP contribution in [0.2, 0.25) is 5.02 Å². The number of Topliss-reactive ketones (excluding diaryl/α,β-unsaturated/α-hetero) is 2. The fourth-order valence-corrected chi connectivity index (χ4v) is 3.58. The van der Waals surface area contributed by atoms with E-state index >= 15 is 0 Å². The van der Waals surface area contributed by atoms with Crippen molar-refractivity contribution >= 4 is 51.7 Å². The van der Waals surface area contributed by atoms with Gasteiger partial charge in [0.15, 0.2) is 5.78 Å².